The third-order valence-corrected chi connectivity index (χ3v) is 9.26. The van der Waals surface area contributed by atoms with Crippen molar-refractivity contribution in [3.05, 3.63) is 116 Å². The summed E-state index contributed by atoms with van der Waals surface area (Å²) in [5.41, 5.74) is 6.93. The van der Waals surface area contributed by atoms with E-state index in [1.54, 1.807) is 48.0 Å². The molecule has 6 aromatic rings. The predicted octanol–water partition coefficient (Wildman–Crippen LogP) is 3.71. The van der Waals surface area contributed by atoms with Crippen molar-refractivity contribution in [2.45, 2.75) is 80.7 Å². The van der Waals surface area contributed by atoms with E-state index in [2.05, 4.69) is 63.3 Å². The molecule has 0 unspecified atom stereocenters. The van der Waals surface area contributed by atoms with Crippen molar-refractivity contribution < 1.29 is 9.47 Å². The monoisotopic (exact) mass is 840 g/mol. The Labute approximate surface area is 357 Å². The van der Waals surface area contributed by atoms with Gasteiger partial charge < -0.3 is 9.47 Å². The van der Waals surface area contributed by atoms with Gasteiger partial charge in [-0.15, -0.1) is 23.0 Å². The Balaban J connectivity index is 0.000000234. The molecular formula is C42H48N16O4. The predicted molar refractivity (Wildman–Crippen MR) is 234 cm³/mol. The maximum Gasteiger partial charge on any atom is 0.368 e. The molecule has 0 amide bonds. The number of nitrogens with zero attached hydrogens (tertiary/aromatic N) is 16. The minimum absolute atomic E-state index is 0.210. The lowest BCUT2D eigenvalue weighted by molar-refractivity contribution is 0.282. The van der Waals surface area contributed by atoms with Gasteiger partial charge in [0.05, 0.1) is 28.5 Å². The van der Waals surface area contributed by atoms with Crippen LogP contribution in [-0.2, 0) is 49.9 Å². The van der Waals surface area contributed by atoms with Gasteiger partial charge in [-0.2, -0.15) is 39.1 Å². The van der Waals surface area contributed by atoms with Gasteiger partial charge in [0.2, 0.25) is 11.8 Å². The Bertz CT molecular complexity index is 2830. The molecular weight excluding hydrogens is 793 g/mol. The number of benzene rings is 2. The Morgan fingerprint density at radius 2 is 1.21 bits per heavy atom. The van der Waals surface area contributed by atoms with Crippen LogP contribution in [0.2, 0.25) is 0 Å². The zero-order valence-electron chi connectivity index (χ0n) is 36.0. The van der Waals surface area contributed by atoms with Gasteiger partial charge in [0.25, 0.3) is 0 Å². The number of hydrogen-bond acceptors (Lipinski definition) is 14. The second kappa shape index (κ2) is 21.3. The largest absolute Gasteiger partial charge is 0.475 e. The number of ether oxygens (including phenoxy) is 2. The molecule has 0 spiro atoms. The van der Waals surface area contributed by atoms with E-state index in [1.165, 1.54) is 18.7 Å². The Morgan fingerprint density at radius 1 is 0.694 bits per heavy atom. The molecule has 4 heterocycles. The first-order valence-electron chi connectivity index (χ1n) is 19.5. The minimum Gasteiger partial charge on any atom is -0.475 e. The molecule has 0 N–H and O–H groups in total. The van der Waals surface area contributed by atoms with E-state index >= 15 is 0 Å². The first kappa shape index (κ1) is 45.1. The van der Waals surface area contributed by atoms with Gasteiger partial charge in [-0.1, -0.05) is 50.0 Å². The van der Waals surface area contributed by atoms with E-state index in [0.29, 0.717) is 66.2 Å². The average Bonchev–Trinajstić information content (AvgIpc) is 4.08. The molecule has 20 heteroatoms. The topological polar surface area (TPSA) is 209 Å². The van der Waals surface area contributed by atoms with Crippen LogP contribution < -0.4 is 11.4 Å². The Morgan fingerprint density at radius 3 is 1.68 bits per heavy atom. The van der Waals surface area contributed by atoms with E-state index in [0.717, 1.165) is 27.9 Å². The highest BCUT2D eigenvalue weighted by molar-refractivity contribution is 5.98. The molecule has 0 saturated heterocycles. The third kappa shape index (κ3) is 11.0. The van der Waals surface area contributed by atoms with E-state index in [-0.39, 0.29) is 24.6 Å². The van der Waals surface area contributed by atoms with Crippen LogP contribution in [-0.4, -0.2) is 82.4 Å². The molecule has 0 aliphatic carbocycles. The lowest BCUT2D eigenvalue weighted by Crippen LogP contribution is -2.23. The van der Waals surface area contributed by atoms with E-state index in [4.69, 9.17) is 22.3 Å². The molecule has 4 aromatic heterocycles. The van der Waals surface area contributed by atoms with E-state index < -0.39 is 0 Å². The van der Waals surface area contributed by atoms with Gasteiger partial charge in [0.15, 0.2) is 0 Å². The highest BCUT2D eigenvalue weighted by atomic mass is 16.5. The molecule has 0 bridgehead atoms. The number of aryl methyl sites for hydroxylation is 4. The summed E-state index contributed by atoms with van der Waals surface area (Å²) in [5.74, 6) is 6.02. The highest BCUT2D eigenvalue weighted by Crippen LogP contribution is 2.20. The first-order valence-corrected chi connectivity index (χ1v) is 19.5. The molecule has 0 radical (unpaired) electrons. The molecule has 0 aliphatic heterocycles. The number of rotatable bonds is 14. The van der Waals surface area contributed by atoms with Crippen LogP contribution in [0.3, 0.4) is 0 Å². The number of tetrazole rings is 2. The molecule has 0 saturated carbocycles. The minimum atomic E-state index is -0.333. The molecule has 62 heavy (non-hydrogen) atoms. The summed E-state index contributed by atoms with van der Waals surface area (Å²) in [6.45, 7) is 12.6. The zero-order valence-corrected chi connectivity index (χ0v) is 36.0. The smallest absolute Gasteiger partial charge is 0.368 e. The highest BCUT2D eigenvalue weighted by Gasteiger charge is 2.16. The van der Waals surface area contributed by atoms with Crippen molar-refractivity contribution in [2.75, 3.05) is 0 Å². The molecule has 0 aliphatic rings. The quantitative estimate of drug-likeness (QED) is 0.0672. The molecule has 320 valence electrons. The molecule has 0 fully saturated rings. The summed E-state index contributed by atoms with van der Waals surface area (Å²) in [4.78, 5) is 24.6. The van der Waals surface area contributed by atoms with Crippen LogP contribution in [0.15, 0.2) is 90.9 Å². The molecule has 0 atom stereocenters. The van der Waals surface area contributed by atoms with Crippen LogP contribution in [0.25, 0.3) is 11.4 Å². The van der Waals surface area contributed by atoms with E-state index in [1.807, 2.05) is 77.9 Å². The lowest BCUT2D eigenvalue weighted by atomic mass is 10.1. The average molecular weight is 841 g/mol. The first-order chi connectivity index (χ1) is 29.9. The van der Waals surface area contributed by atoms with Crippen LogP contribution in [0.1, 0.15) is 74.2 Å². The third-order valence-electron chi connectivity index (χ3n) is 9.26. The fourth-order valence-electron chi connectivity index (χ4n) is 5.74. The van der Waals surface area contributed by atoms with Crippen molar-refractivity contribution in [1.82, 2.24) is 59.1 Å². The maximum atomic E-state index is 12.3. The summed E-state index contributed by atoms with van der Waals surface area (Å²) in [6.07, 6.45) is 15.2. The number of terminal acetylenes is 2. The van der Waals surface area contributed by atoms with Crippen LogP contribution in [0.5, 0.6) is 0 Å². The van der Waals surface area contributed by atoms with Gasteiger partial charge in [0.1, 0.15) is 32.0 Å². The zero-order chi connectivity index (χ0) is 44.8. The Hall–Kier alpha value is -8.00. The number of hydrogen-bond donors (Lipinski definition) is 0. The van der Waals surface area contributed by atoms with Crippen molar-refractivity contribution >= 4 is 23.2 Å². The summed E-state index contributed by atoms with van der Waals surface area (Å²) >= 11 is 0. The van der Waals surface area contributed by atoms with Gasteiger partial charge in [-0.3, -0.25) is 9.36 Å². The second-order valence-electron chi connectivity index (χ2n) is 13.6. The molecule has 20 nitrogen and oxygen atoms in total. The van der Waals surface area contributed by atoms with Gasteiger partial charge >= 0.3 is 11.4 Å². The standard InChI is InChI=1S/2C21H24N8O2/c1-6-13-28-18(11-12-22-28)16(4)23-24-20(7-2)31-14-17-15(3)9-8-10-19(17)29-21(30)27(5)25-26-29;1-6-12-28-13-11-18(24-28)16(4)22-23-20(7-2)31-14-17-15(3)9-8-10-19(17)29-21(30)27(5)25-26-29/h1,8-12H,7,13-14H2,2-5H3;1,8-11,13H,7,12,14H2,2-5H3. The van der Waals surface area contributed by atoms with Gasteiger partial charge in [0, 0.05) is 50.5 Å². The fraction of sp³-hybridized carbons (Fsp3) is 0.333. The van der Waals surface area contributed by atoms with Crippen LogP contribution in [0, 0.1) is 38.5 Å². The normalized spacial score (nSPS) is 12.1. The SMILES string of the molecule is C#CCn1ccc(C(C)=NN=C(CC)OCc2c(C)cccc2-n2nnn(C)c2=O)n1.C#CCn1nccc1C(C)=NN=C(CC)OCc1c(C)cccc1-n1nnn(C)c1=O. The fourth-order valence-corrected chi connectivity index (χ4v) is 5.74. The summed E-state index contributed by atoms with van der Waals surface area (Å²) in [6, 6.07) is 14.9. The summed E-state index contributed by atoms with van der Waals surface area (Å²) < 4.78 is 20.0. The van der Waals surface area contributed by atoms with E-state index in [9.17, 15) is 9.59 Å². The summed E-state index contributed by atoms with van der Waals surface area (Å²) in [5, 5.41) is 41.0. The maximum absolute atomic E-state index is 12.3. The van der Waals surface area contributed by atoms with Crippen molar-refractivity contribution in [3.63, 3.8) is 0 Å². The number of aromatic nitrogens is 12. The molecule has 6 rings (SSSR count). The van der Waals surface area contributed by atoms with Crippen molar-refractivity contribution in [3.8, 4) is 36.1 Å². The van der Waals surface area contributed by atoms with Crippen LogP contribution in [0.4, 0.5) is 0 Å². The van der Waals surface area contributed by atoms with Gasteiger partial charge in [-0.05, 0) is 83.9 Å². The second-order valence-corrected chi connectivity index (χ2v) is 13.6. The molecule has 2 aromatic carbocycles. The van der Waals surface area contributed by atoms with Gasteiger partial charge in [-0.25, -0.2) is 9.59 Å². The van der Waals surface area contributed by atoms with Crippen LogP contribution >= 0.6 is 0 Å². The van der Waals surface area contributed by atoms with Crippen molar-refractivity contribution in [2.24, 2.45) is 34.5 Å². The lowest BCUT2D eigenvalue weighted by Gasteiger charge is -2.13. The Kier molecular flexibility index (Phi) is 15.5. The summed E-state index contributed by atoms with van der Waals surface area (Å²) in [7, 11) is 3.10. The van der Waals surface area contributed by atoms with Crippen molar-refractivity contribution in [1.29, 1.82) is 0 Å².